The van der Waals surface area contributed by atoms with Gasteiger partial charge in [0.15, 0.2) is 0 Å². The molecule has 3 N–H and O–H groups in total. The Morgan fingerprint density at radius 1 is 1.33 bits per heavy atom. The number of anilines is 1. The van der Waals surface area contributed by atoms with Gasteiger partial charge in [-0.15, -0.1) is 4.83 Å². The largest absolute Gasteiger partial charge is 0.399 e. The topological polar surface area (TPSA) is 87.8 Å². The second-order valence-corrected chi connectivity index (χ2v) is 5.69. The van der Waals surface area contributed by atoms with Crippen LogP contribution in [-0.2, 0) is 10.0 Å². The molecule has 0 fully saturated rings. The molecule has 0 saturated carbocycles. The summed E-state index contributed by atoms with van der Waals surface area (Å²) in [6, 6.07) is 6.01. The fourth-order valence-electron chi connectivity index (χ4n) is 1.50. The summed E-state index contributed by atoms with van der Waals surface area (Å²) in [7, 11) is -3.60. The van der Waals surface area contributed by atoms with Crippen molar-refractivity contribution in [1.29, 1.82) is 0 Å². The maximum absolute atomic E-state index is 12.0. The lowest BCUT2D eigenvalue weighted by Gasteiger charge is -2.22. The number of rotatable bonds is 3. The third-order valence-corrected chi connectivity index (χ3v) is 3.72. The third-order valence-electron chi connectivity index (χ3n) is 2.35. The van der Waals surface area contributed by atoms with Gasteiger partial charge in [0.05, 0.1) is 11.4 Å². The smallest absolute Gasteiger partial charge is 0.257 e. The Balaban J connectivity index is 2.15. The van der Waals surface area contributed by atoms with E-state index in [1.165, 1.54) is 23.5 Å². The first-order valence-electron chi connectivity index (χ1n) is 5.31. The van der Waals surface area contributed by atoms with Crippen LogP contribution in [0.5, 0.6) is 0 Å². The van der Waals surface area contributed by atoms with Crippen LogP contribution in [0.15, 0.2) is 45.9 Å². The predicted octanol–water partition coefficient (Wildman–Crippen LogP) is 0.710. The molecule has 2 rings (SSSR count). The summed E-state index contributed by atoms with van der Waals surface area (Å²) in [5.74, 6) is 0. The Hall–Kier alpha value is -1.86. The second-order valence-electron chi connectivity index (χ2n) is 4.03. The monoisotopic (exact) mass is 266 g/mol. The molecule has 1 aromatic carbocycles. The lowest BCUT2D eigenvalue weighted by atomic mass is 10.3. The SMILES string of the molecule is CC1=CN=CN(NS(=O)(=O)c2ccc(N)cc2)C1. The molecule has 0 saturated heterocycles. The molecule has 0 radical (unpaired) electrons. The zero-order chi connectivity index (χ0) is 13.2. The number of nitrogens with one attached hydrogen (secondary N) is 1. The first kappa shape index (κ1) is 12.6. The molecular weight excluding hydrogens is 252 g/mol. The van der Waals surface area contributed by atoms with E-state index in [2.05, 4.69) is 9.82 Å². The van der Waals surface area contributed by atoms with Gasteiger partial charge in [0.1, 0.15) is 6.34 Å². The Bertz CT molecular complexity index is 590. The van der Waals surface area contributed by atoms with E-state index in [0.717, 1.165) is 5.57 Å². The molecular formula is C11H14N4O2S. The van der Waals surface area contributed by atoms with Crippen LogP contribution in [-0.4, -0.2) is 26.3 Å². The number of sulfonamides is 1. The van der Waals surface area contributed by atoms with Gasteiger partial charge in [-0.3, -0.25) is 5.01 Å². The number of aliphatic imine (C=N–C) groups is 1. The van der Waals surface area contributed by atoms with Crippen molar-refractivity contribution in [3.63, 3.8) is 0 Å². The van der Waals surface area contributed by atoms with Gasteiger partial charge >= 0.3 is 0 Å². The summed E-state index contributed by atoms with van der Waals surface area (Å²) in [5.41, 5.74) is 7.01. The van der Waals surface area contributed by atoms with Crippen molar-refractivity contribution in [2.45, 2.75) is 11.8 Å². The molecule has 1 aromatic rings. The van der Waals surface area contributed by atoms with E-state index < -0.39 is 10.0 Å². The number of hydrogen-bond acceptors (Lipinski definition) is 5. The van der Waals surface area contributed by atoms with Crippen LogP contribution >= 0.6 is 0 Å². The highest BCUT2D eigenvalue weighted by Crippen LogP contribution is 2.12. The molecule has 0 amide bonds. The van der Waals surface area contributed by atoms with Crippen molar-refractivity contribution >= 4 is 22.0 Å². The number of nitrogens with zero attached hydrogens (tertiary/aromatic N) is 2. The number of benzene rings is 1. The molecule has 0 aliphatic carbocycles. The Morgan fingerprint density at radius 3 is 2.61 bits per heavy atom. The highest BCUT2D eigenvalue weighted by molar-refractivity contribution is 7.89. The average molecular weight is 266 g/mol. The molecule has 0 atom stereocenters. The molecule has 18 heavy (non-hydrogen) atoms. The molecule has 1 aliphatic rings. The van der Waals surface area contributed by atoms with Crippen molar-refractivity contribution in [2.24, 2.45) is 4.99 Å². The Morgan fingerprint density at radius 2 is 2.00 bits per heavy atom. The lowest BCUT2D eigenvalue weighted by Crippen LogP contribution is -2.42. The van der Waals surface area contributed by atoms with Crippen LogP contribution in [0.2, 0.25) is 0 Å². The number of nitrogens with two attached hydrogens (primary N) is 1. The number of hydrogen-bond donors (Lipinski definition) is 2. The Labute approximate surface area is 106 Å². The Kier molecular flexibility index (Phi) is 3.35. The van der Waals surface area contributed by atoms with Gasteiger partial charge in [-0.2, -0.15) is 0 Å². The predicted molar refractivity (Wildman–Crippen MR) is 70.1 cm³/mol. The first-order chi connectivity index (χ1) is 8.47. The lowest BCUT2D eigenvalue weighted by molar-refractivity contribution is 0.410. The first-order valence-corrected chi connectivity index (χ1v) is 6.79. The quantitative estimate of drug-likeness (QED) is 0.789. The van der Waals surface area contributed by atoms with Gasteiger partial charge < -0.3 is 5.73 Å². The molecule has 0 bridgehead atoms. The fraction of sp³-hybridized carbons (Fsp3) is 0.182. The molecule has 7 heteroatoms. The van der Waals surface area contributed by atoms with E-state index >= 15 is 0 Å². The van der Waals surface area contributed by atoms with Crippen molar-refractivity contribution in [3.05, 3.63) is 36.0 Å². The van der Waals surface area contributed by atoms with E-state index in [4.69, 9.17) is 5.73 Å². The van der Waals surface area contributed by atoms with E-state index in [1.807, 2.05) is 6.92 Å². The fourth-order valence-corrected chi connectivity index (χ4v) is 2.52. The molecule has 0 unspecified atom stereocenters. The zero-order valence-electron chi connectivity index (χ0n) is 9.87. The average Bonchev–Trinajstić information content (AvgIpc) is 2.29. The highest BCUT2D eigenvalue weighted by atomic mass is 32.2. The summed E-state index contributed by atoms with van der Waals surface area (Å²) in [5, 5.41) is 1.42. The van der Waals surface area contributed by atoms with E-state index in [0.29, 0.717) is 12.2 Å². The standard InChI is InChI=1S/C11H14N4O2S/c1-9-6-13-8-15(7-9)14-18(16,17)11-4-2-10(12)3-5-11/h2-6,8,14H,7,12H2,1H3. The van der Waals surface area contributed by atoms with Crippen molar-refractivity contribution in [2.75, 3.05) is 12.3 Å². The summed E-state index contributed by atoms with van der Waals surface area (Å²) in [4.78, 5) is 6.52. The van der Waals surface area contributed by atoms with E-state index in [1.54, 1.807) is 18.3 Å². The van der Waals surface area contributed by atoms with Crippen molar-refractivity contribution < 1.29 is 8.42 Å². The number of nitrogen functional groups attached to an aromatic ring is 1. The maximum atomic E-state index is 12.0. The van der Waals surface area contributed by atoms with Crippen LogP contribution < -0.4 is 10.6 Å². The van der Waals surface area contributed by atoms with Crippen LogP contribution in [0.25, 0.3) is 0 Å². The van der Waals surface area contributed by atoms with Gasteiger partial charge in [-0.25, -0.2) is 13.4 Å². The van der Waals surface area contributed by atoms with Crippen molar-refractivity contribution in [1.82, 2.24) is 9.84 Å². The van der Waals surface area contributed by atoms with Crippen LogP contribution in [0, 0.1) is 0 Å². The van der Waals surface area contributed by atoms with Crippen LogP contribution in [0.3, 0.4) is 0 Å². The minimum Gasteiger partial charge on any atom is -0.399 e. The minimum absolute atomic E-state index is 0.164. The summed E-state index contributed by atoms with van der Waals surface area (Å²) >= 11 is 0. The zero-order valence-corrected chi connectivity index (χ0v) is 10.7. The molecule has 0 aromatic heterocycles. The molecule has 1 aliphatic heterocycles. The van der Waals surface area contributed by atoms with E-state index in [-0.39, 0.29) is 4.90 Å². The van der Waals surface area contributed by atoms with Gasteiger partial charge in [0, 0.05) is 11.9 Å². The van der Waals surface area contributed by atoms with Gasteiger partial charge in [-0.1, -0.05) is 0 Å². The van der Waals surface area contributed by atoms with Crippen LogP contribution in [0.1, 0.15) is 6.92 Å². The maximum Gasteiger partial charge on any atom is 0.257 e. The van der Waals surface area contributed by atoms with Gasteiger partial charge in [0.25, 0.3) is 10.0 Å². The van der Waals surface area contributed by atoms with Gasteiger partial charge in [-0.05, 0) is 36.8 Å². The molecule has 1 heterocycles. The van der Waals surface area contributed by atoms with Gasteiger partial charge in [0.2, 0.25) is 0 Å². The summed E-state index contributed by atoms with van der Waals surface area (Å²) in [6.07, 6.45) is 3.12. The van der Waals surface area contributed by atoms with E-state index in [9.17, 15) is 8.42 Å². The highest BCUT2D eigenvalue weighted by Gasteiger charge is 2.17. The van der Waals surface area contributed by atoms with Crippen LogP contribution in [0.4, 0.5) is 5.69 Å². The normalized spacial score (nSPS) is 15.6. The van der Waals surface area contributed by atoms with Crippen molar-refractivity contribution in [3.8, 4) is 0 Å². The molecule has 6 nitrogen and oxygen atoms in total. The third kappa shape index (κ3) is 2.88. The molecule has 96 valence electrons. The summed E-state index contributed by atoms with van der Waals surface area (Å²) < 4.78 is 24.1. The summed E-state index contributed by atoms with van der Waals surface area (Å²) in [6.45, 7) is 2.35. The minimum atomic E-state index is -3.60. The number of hydrazine groups is 1. The second kappa shape index (κ2) is 4.79. The molecule has 0 spiro atoms.